The summed E-state index contributed by atoms with van der Waals surface area (Å²) < 4.78 is 43.0. The number of halogens is 3. The number of ether oxygens (including phenoxy) is 1. The number of nitrogens with zero attached hydrogens (tertiary/aromatic N) is 4. The minimum Gasteiger partial charge on any atom is -0.460 e. The van der Waals surface area contributed by atoms with E-state index in [1.165, 1.54) is 0 Å². The average Bonchev–Trinajstić information content (AvgIpc) is 2.70. The molecule has 9 heteroatoms. The Hall–Kier alpha value is -2.19. The molecule has 0 unspecified atom stereocenters. The Kier molecular flexibility index (Phi) is 2.89. The highest BCUT2D eigenvalue weighted by atomic mass is 19.4. The number of esters is 1. The summed E-state index contributed by atoms with van der Waals surface area (Å²) >= 11 is 0. The van der Waals surface area contributed by atoms with Gasteiger partial charge in [-0.15, -0.1) is 10.2 Å². The molecule has 0 N–H and O–H groups in total. The van der Waals surface area contributed by atoms with Crippen molar-refractivity contribution in [2.24, 2.45) is 0 Å². The van der Waals surface area contributed by atoms with Crippen molar-refractivity contribution in [3.63, 3.8) is 0 Å². The highest BCUT2D eigenvalue weighted by Gasteiger charge is 2.32. The van der Waals surface area contributed by atoms with Gasteiger partial charge in [-0.3, -0.25) is 4.40 Å². The average molecular weight is 260 g/mol. The van der Waals surface area contributed by atoms with Gasteiger partial charge in [0.15, 0.2) is 0 Å². The van der Waals surface area contributed by atoms with Crippen molar-refractivity contribution >= 4 is 11.7 Å². The van der Waals surface area contributed by atoms with E-state index < -0.39 is 17.7 Å². The van der Waals surface area contributed by atoms with Gasteiger partial charge in [0.2, 0.25) is 5.82 Å². The van der Waals surface area contributed by atoms with Crippen LogP contribution in [0, 0.1) is 0 Å². The van der Waals surface area contributed by atoms with E-state index in [1.807, 2.05) is 0 Å². The Morgan fingerprint density at radius 3 is 2.78 bits per heavy atom. The molecule has 0 spiro atoms. The largest absolute Gasteiger partial charge is 0.460 e. The fourth-order valence-corrected chi connectivity index (χ4v) is 1.27. The van der Waals surface area contributed by atoms with Crippen LogP contribution in [0.4, 0.5) is 13.2 Å². The van der Waals surface area contributed by atoms with Crippen LogP contribution in [0.2, 0.25) is 0 Å². The zero-order chi connectivity index (χ0) is 13.3. The minimum absolute atomic E-state index is 0.0835. The van der Waals surface area contributed by atoms with E-state index in [0.29, 0.717) is 12.4 Å². The summed E-state index contributed by atoms with van der Waals surface area (Å²) in [7, 11) is 0. The van der Waals surface area contributed by atoms with Crippen molar-refractivity contribution in [2.75, 3.05) is 6.61 Å². The van der Waals surface area contributed by atoms with Crippen molar-refractivity contribution in [1.29, 1.82) is 0 Å². The molecule has 0 bridgehead atoms. The topological polar surface area (TPSA) is 69.4 Å². The quantitative estimate of drug-likeness (QED) is 0.761. The van der Waals surface area contributed by atoms with Crippen LogP contribution in [0.25, 0.3) is 5.78 Å². The lowest BCUT2D eigenvalue weighted by atomic mass is 10.3. The molecule has 0 aliphatic heterocycles. The Morgan fingerprint density at radius 1 is 1.44 bits per heavy atom. The van der Waals surface area contributed by atoms with E-state index in [4.69, 9.17) is 0 Å². The normalized spacial score (nSPS) is 11.8. The molecule has 0 atom stereocenters. The molecule has 0 aliphatic carbocycles. The summed E-state index contributed by atoms with van der Waals surface area (Å²) in [6, 6.07) is 0. The highest BCUT2D eigenvalue weighted by molar-refractivity contribution is 5.86. The van der Waals surface area contributed by atoms with E-state index in [1.54, 1.807) is 6.92 Å². The van der Waals surface area contributed by atoms with Gasteiger partial charge in [-0.1, -0.05) is 0 Å². The van der Waals surface area contributed by atoms with Crippen molar-refractivity contribution in [3.05, 3.63) is 23.8 Å². The Balaban J connectivity index is 2.53. The smallest absolute Gasteiger partial charge is 0.419 e. The van der Waals surface area contributed by atoms with Crippen LogP contribution in [-0.4, -0.2) is 32.2 Å². The van der Waals surface area contributed by atoms with Gasteiger partial charge in [-0.25, -0.2) is 9.78 Å². The Labute approximate surface area is 98.4 Å². The Bertz CT molecular complexity index is 593. The van der Waals surface area contributed by atoms with Gasteiger partial charge in [0.25, 0.3) is 5.78 Å². The van der Waals surface area contributed by atoms with Crippen molar-refractivity contribution in [1.82, 2.24) is 19.6 Å². The Morgan fingerprint density at radius 2 is 2.17 bits per heavy atom. The molecule has 2 rings (SSSR count). The molecule has 0 saturated heterocycles. The predicted octanol–water partition coefficient (Wildman–Crippen LogP) is 1.32. The molecule has 2 heterocycles. The number of fused-ring (bicyclic) bond motifs is 1. The van der Waals surface area contributed by atoms with Crippen LogP contribution in [0.3, 0.4) is 0 Å². The highest BCUT2D eigenvalue weighted by Crippen LogP contribution is 2.28. The molecule has 0 fully saturated rings. The van der Waals surface area contributed by atoms with Crippen LogP contribution in [0.1, 0.15) is 23.1 Å². The summed E-state index contributed by atoms with van der Waals surface area (Å²) in [6.07, 6.45) is -3.23. The van der Waals surface area contributed by atoms with E-state index >= 15 is 0 Å². The third-order valence-corrected chi connectivity index (χ3v) is 2.05. The van der Waals surface area contributed by atoms with Crippen LogP contribution in [0.5, 0.6) is 0 Å². The predicted molar refractivity (Wildman–Crippen MR) is 51.7 cm³/mol. The second kappa shape index (κ2) is 4.24. The molecular formula is C9H7F3N4O2. The number of carbonyl (C=O) groups is 1. The van der Waals surface area contributed by atoms with Crippen LogP contribution in [0.15, 0.2) is 12.4 Å². The maximum absolute atomic E-state index is 12.5. The summed E-state index contributed by atoms with van der Waals surface area (Å²) in [5.41, 5.74) is -1.000. The third kappa shape index (κ3) is 2.11. The lowest BCUT2D eigenvalue weighted by Gasteiger charge is -2.06. The van der Waals surface area contributed by atoms with Crippen molar-refractivity contribution in [2.45, 2.75) is 13.1 Å². The minimum atomic E-state index is -4.56. The van der Waals surface area contributed by atoms with Gasteiger partial charge in [0, 0.05) is 12.4 Å². The SMILES string of the molecule is CCOC(=O)c1nnc2ncc(C(F)(F)F)cn12. The summed E-state index contributed by atoms with van der Waals surface area (Å²) in [4.78, 5) is 14.9. The molecular weight excluding hydrogens is 253 g/mol. The van der Waals surface area contributed by atoms with Gasteiger partial charge >= 0.3 is 12.1 Å². The maximum atomic E-state index is 12.5. The molecule has 0 radical (unpaired) electrons. The summed E-state index contributed by atoms with van der Waals surface area (Å²) in [5, 5.41) is 6.92. The molecule has 2 aromatic rings. The summed E-state index contributed by atoms with van der Waals surface area (Å²) in [6.45, 7) is 1.65. The number of aromatic nitrogens is 4. The molecule has 18 heavy (non-hydrogen) atoms. The first-order valence-corrected chi connectivity index (χ1v) is 4.88. The lowest BCUT2D eigenvalue weighted by molar-refractivity contribution is -0.138. The fourth-order valence-electron chi connectivity index (χ4n) is 1.27. The molecule has 2 aromatic heterocycles. The first-order chi connectivity index (χ1) is 8.43. The van der Waals surface area contributed by atoms with Gasteiger partial charge in [0.05, 0.1) is 12.2 Å². The van der Waals surface area contributed by atoms with Crippen LogP contribution in [-0.2, 0) is 10.9 Å². The first kappa shape index (κ1) is 12.3. The monoisotopic (exact) mass is 260 g/mol. The van der Waals surface area contributed by atoms with Gasteiger partial charge in [-0.05, 0) is 6.92 Å². The van der Waals surface area contributed by atoms with Crippen LogP contribution < -0.4 is 0 Å². The van der Waals surface area contributed by atoms with Gasteiger partial charge in [0.1, 0.15) is 0 Å². The van der Waals surface area contributed by atoms with Crippen molar-refractivity contribution in [3.8, 4) is 0 Å². The lowest BCUT2D eigenvalue weighted by Crippen LogP contribution is -2.12. The molecule has 0 saturated carbocycles. The molecule has 0 aliphatic rings. The van der Waals surface area contributed by atoms with Gasteiger partial charge < -0.3 is 4.74 Å². The number of rotatable bonds is 2. The van der Waals surface area contributed by atoms with E-state index in [-0.39, 0.29) is 18.2 Å². The molecule has 0 aromatic carbocycles. The maximum Gasteiger partial charge on any atom is 0.419 e. The molecule has 0 amide bonds. The number of hydrogen-bond donors (Lipinski definition) is 0. The fraction of sp³-hybridized carbons (Fsp3) is 0.333. The first-order valence-electron chi connectivity index (χ1n) is 4.88. The molecule has 96 valence electrons. The van der Waals surface area contributed by atoms with E-state index in [0.717, 1.165) is 4.40 Å². The summed E-state index contributed by atoms with van der Waals surface area (Å²) in [5.74, 6) is -1.30. The third-order valence-electron chi connectivity index (χ3n) is 2.05. The van der Waals surface area contributed by atoms with Crippen molar-refractivity contribution < 1.29 is 22.7 Å². The zero-order valence-electron chi connectivity index (χ0n) is 9.10. The van der Waals surface area contributed by atoms with E-state index in [9.17, 15) is 18.0 Å². The second-order valence-electron chi connectivity index (χ2n) is 3.25. The second-order valence-corrected chi connectivity index (χ2v) is 3.25. The number of hydrogen-bond acceptors (Lipinski definition) is 5. The molecule has 6 nitrogen and oxygen atoms in total. The zero-order valence-corrected chi connectivity index (χ0v) is 9.10. The standard InChI is InChI=1S/C9H7F3N4O2/c1-2-18-7(17)6-14-15-8-13-3-5(4-16(6)8)9(10,11)12/h3-4H,2H2,1H3. The number of carbonyl (C=O) groups excluding carboxylic acids is 1. The number of alkyl halides is 3. The van der Waals surface area contributed by atoms with E-state index in [2.05, 4.69) is 19.9 Å². The van der Waals surface area contributed by atoms with Crippen LogP contribution >= 0.6 is 0 Å². The van der Waals surface area contributed by atoms with Gasteiger partial charge in [-0.2, -0.15) is 13.2 Å².